The summed E-state index contributed by atoms with van der Waals surface area (Å²) < 4.78 is 22.7. The number of carbonyl (C=O) groups is 1. The highest BCUT2D eigenvalue weighted by Crippen LogP contribution is 2.44. The summed E-state index contributed by atoms with van der Waals surface area (Å²) in [6.07, 6.45) is 0. The quantitative estimate of drug-likeness (QED) is 0.519. The molecule has 1 unspecified atom stereocenters. The average Bonchev–Trinajstić information content (AvgIpc) is 3.08. The molecule has 1 aromatic heterocycles. The number of rotatable bonds is 8. The number of amides is 1. The van der Waals surface area contributed by atoms with Crippen LogP contribution in [0.15, 0.2) is 45.6 Å². The Morgan fingerprint density at radius 1 is 1.09 bits per heavy atom. The molecule has 0 bridgehead atoms. The molecule has 2 aromatic carbocycles. The van der Waals surface area contributed by atoms with Gasteiger partial charge in [-0.1, -0.05) is 12.1 Å². The molecule has 33 heavy (non-hydrogen) atoms. The van der Waals surface area contributed by atoms with Gasteiger partial charge >= 0.3 is 0 Å². The lowest BCUT2D eigenvalue weighted by atomic mass is 9.97. The van der Waals surface area contributed by atoms with Crippen molar-refractivity contribution in [2.45, 2.75) is 13.0 Å². The molecule has 2 heterocycles. The minimum Gasteiger partial charge on any atom is -0.494 e. The van der Waals surface area contributed by atoms with Crippen LogP contribution in [-0.4, -0.2) is 63.7 Å². The van der Waals surface area contributed by atoms with Gasteiger partial charge in [0.25, 0.3) is 5.91 Å². The fraction of sp³-hybridized carbons (Fsp3) is 0.360. The fourth-order valence-corrected chi connectivity index (χ4v) is 4.24. The second kappa shape index (κ2) is 9.15. The van der Waals surface area contributed by atoms with Crippen LogP contribution in [-0.2, 0) is 0 Å². The second-order valence-corrected chi connectivity index (χ2v) is 8.05. The van der Waals surface area contributed by atoms with Gasteiger partial charge in [0.2, 0.25) is 5.76 Å². The zero-order valence-corrected chi connectivity index (χ0v) is 19.5. The first-order valence-corrected chi connectivity index (χ1v) is 10.8. The van der Waals surface area contributed by atoms with E-state index in [9.17, 15) is 9.59 Å². The van der Waals surface area contributed by atoms with Crippen LogP contribution >= 0.6 is 0 Å². The van der Waals surface area contributed by atoms with Crippen molar-refractivity contribution in [1.82, 2.24) is 9.80 Å². The van der Waals surface area contributed by atoms with Crippen LogP contribution < -0.4 is 19.6 Å². The van der Waals surface area contributed by atoms with Gasteiger partial charge in [-0.3, -0.25) is 9.59 Å². The molecule has 8 heteroatoms. The van der Waals surface area contributed by atoms with E-state index in [4.69, 9.17) is 18.6 Å². The number of benzene rings is 2. The van der Waals surface area contributed by atoms with Crippen molar-refractivity contribution >= 4 is 16.9 Å². The van der Waals surface area contributed by atoms with Crippen LogP contribution in [0.25, 0.3) is 11.0 Å². The molecule has 0 fully saturated rings. The van der Waals surface area contributed by atoms with Crippen LogP contribution in [0.4, 0.5) is 0 Å². The number of methoxy groups -OCH3 is 2. The summed E-state index contributed by atoms with van der Waals surface area (Å²) in [6, 6.07) is 9.85. The van der Waals surface area contributed by atoms with E-state index in [0.717, 1.165) is 0 Å². The smallest absolute Gasteiger partial charge is 0.290 e. The molecule has 174 valence electrons. The lowest BCUT2D eigenvalue weighted by Crippen LogP contribution is -2.35. The SMILES string of the molecule is CCOc1ccc2c(=O)c3c(oc2c1)C(=O)N(CCN(C)C)C3c1cccc(OC)c1OC. The monoisotopic (exact) mass is 452 g/mol. The second-order valence-electron chi connectivity index (χ2n) is 8.05. The van der Waals surface area contributed by atoms with E-state index in [-0.39, 0.29) is 17.1 Å². The first kappa shape index (κ1) is 22.7. The van der Waals surface area contributed by atoms with Crippen molar-refractivity contribution < 1.29 is 23.4 Å². The molecule has 3 aromatic rings. The van der Waals surface area contributed by atoms with Gasteiger partial charge in [0.1, 0.15) is 11.3 Å². The molecule has 1 atom stereocenters. The van der Waals surface area contributed by atoms with Gasteiger partial charge in [-0.25, -0.2) is 0 Å². The van der Waals surface area contributed by atoms with Gasteiger partial charge in [0.15, 0.2) is 16.9 Å². The number of hydrogen-bond donors (Lipinski definition) is 0. The van der Waals surface area contributed by atoms with Gasteiger partial charge < -0.3 is 28.4 Å². The summed E-state index contributed by atoms with van der Waals surface area (Å²) >= 11 is 0. The summed E-state index contributed by atoms with van der Waals surface area (Å²) in [5.41, 5.74) is 1.05. The van der Waals surface area contributed by atoms with E-state index in [1.807, 2.05) is 38.1 Å². The third-order valence-corrected chi connectivity index (χ3v) is 5.77. The van der Waals surface area contributed by atoms with Crippen molar-refractivity contribution in [2.75, 3.05) is 48.0 Å². The predicted octanol–water partition coefficient (Wildman–Crippen LogP) is 3.32. The van der Waals surface area contributed by atoms with Crippen molar-refractivity contribution in [2.24, 2.45) is 0 Å². The number of fused-ring (bicyclic) bond motifs is 2. The first-order chi connectivity index (χ1) is 15.9. The van der Waals surface area contributed by atoms with Gasteiger partial charge in [-0.15, -0.1) is 0 Å². The molecule has 0 spiro atoms. The minimum atomic E-state index is -0.662. The predicted molar refractivity (Wildman–Crippen MR) is 125 cm³/mol. The topological polar surface area (TPSA) is 81.5 Å². The van der Waals surface area contributed by atoms with Crippen molar-refractivity contribution in [1.29, 1.82) is 0 Å². The first-order valence-electron chi connectivity index (χ1n) is 10.8. The molecular weight excluding hydrogens is 424 g/mol. The molecular formula is C25H28N2O6. The minimum absolute atomic E-state index is 0.0507. The molecule has 1 aliphatic rings. The van der Waals surface area contributed by atoms with Crippen molar-refractivity contribution in [3.05, 3.63) is 63.5 Å². The number of carbonyl (C=O) groups excluding carboxylic acids is 1. The normalized spacial score (nSPS) is 15.3. The summed E-state index contributed by atoms with van der Waals surface area (Å²) in [7, 11) is 6.96. The third kappa shape index (κ3) is 3.91. The van der Waals surface area contributed by atoms with E-state index < -0.39 is 6.04 Å². The number of nitrogens with zero attached hydrogens (tertiary/aromatic N) is 2. The molecule has 0 saturated heterocycles. The van der Waals surface area contributed by atoms with E-state index in [1.54, 1.807) is 43.4 Å². The van der Waals surface area contributed by atoms with E-state index >= 15 is 0 Å². The molecule has 0 aliphatic carbocycles. The maximum Gasteiger partial charge on any atom is 0.290 e. The van der Waals surface area contributed by atoms with Gasteiger partial charge in [0.05, 0.1) is 37.8 Å². The Hall–Kier alpha value is -3.52. The van der Waals surface area contributed by atoms with Crippen LogP contribution in [0, 0.1) is 0 Å². The third-order valence-electron chi connectivity index (χ3n) is 5.77. The number of ether oxygens (including phenoxy) is 3. The number of hydrogen-bond acceptors (Lipinski definition) is 7. The lowest BCUT2D eigenvalue weighted by Gasteiger charge is -2.28. The average molecular weight is 453 g/mol. The van der Waals surface area contributed by atoms with Crippen LogP contribution in [0.2, 0.25) is 0 Å². The fourth-order valence-electron chi connectivity index (χ4n) is 4.24. The molecule has 8 nitrogen and oxygen atoms in total. The van der Waals surface area contributed by atoms with Gasteiger partial charge in [0, 0.05) is 24.7 Å². The summed E-state index contributed by atoms with van der Waals surface area (Å²) in [4.78, 5) is 30.9. The summed E-state index contributed by atoms with van der Waals surface area (Å²) in [5, 5.41) is 0.395. The lowest BCUT2D eigenvalue weighted by molar-refractivity contribution is 0.0715. The highest BCUT2D eigenvalue weighted by Gasteiger charge is 2.44. The van der Waals surface area contributed by atoms with Gasteiger partial charge in [-0.2, -0.15) is 0 Å². The summed E-state index contributed by atoms with van der Waals surface area (Å²) in [5.74, 6) is 1.30. The highest BCUT2D eigenvalue weighted by atomic mass is 16.5. The Labute approximate surface area is 192 Å². The standard InChI is InChI=1S/C25H28N2O6/c1-6-32-15-10-11-16-19(14-15)33-24-20(22(16)28)21(27(25(24)29)13-12-26(2)3)17-8-7-9-18(30-4)23(17)31-5/h7-11,14,21H,6,12-13H2,1-5H3. The zero-order valence-electron chi connectivity index (χ0n) is 19.5. The van der Waals surface area contributed by atoms with Crippen LogP contribution in [0.1, 0.15) is 34.6 Å². The molecule has 0 saturated carbocycles. The molecule has 0 N–H and O–H groups in total. The molecule has 1 aliphatic heterocycles. The zero-order chi connectivity index (χ0) is 23.7. The molecule has 4 rings (SSSR count). The Balaban J connectivity index is 1.96. The Kier molecular flexibility index (Phi) is 6.29. The Morgan fingerprint density at radius 2 is 1.88 bits per heavy atom. The van der Waals surface area contributed by atoms with Crippen molar-refractivity contribution in [3.8, 4) is 17.2 Å². The van der Waals surface area contributed by atoms with Crippen LogP contribution in [0.3, 0.4) is 0 Å². The van der Waals surface area contributed by atoms with E-state index in [0.29, 0.717) is 59.0 Å². The summed E-state index contributed by atoms with van der Waals surface area (Å²) in [6.45, 7) is 3.38. The van der Waals surface area contributed by atoms with Crippen LogP contribution in [0.5, 0.6) is 17.2 Å². The maximum absolute atomic E-state index is 13.7. The highest BCUT2D eigenvalue weighted by molar-refractivity contribution is 5.99. The molecule has 1 amide bonds. The molecule has 0 radical (unpaired) electrons. The number of likely N-dealkylation sites (N-methyl/N-ethyl adjacent to an activating group) is 1. The Morgan fingerprint density at radius 3 is 2.55 bits per heavy atom. The maximum atomic E-state index is 13.7. The van der Waals surface area contributed by atoms with Gasteiger partial charge in [-0.05, 0) is 39.2 Å². The largest absolute Gasteiger partial charge is 0.494 e. The number of para-hydroxylation sites is 1. The Bertz CT molecular complexity index is 1250. The van der Waals surface area contributed by atoms with E-state index in [2.05, 4.69) is 0 Å². The van der Waals surface area contributed by atoms with Crippen molar-refractivity contribution in [3.63, 3.8) is 0 Å². The van der Waals surface area contributed by atoms with E-state index in [1.165, 1.54) is 0 Å².